The molecule has 0 heterocycles. The molecular weight excluding hydrogens is 430 g/mol. The van der Waals surface area contributed by atoms with Gasteiger partial charge in [0.05, 0.1) is 19.1 Å². The zero-order valence-corrected chi connectivity index (χ0v) is 19.8. The van der Waals surface area contributed by atoms with Crippen LogP contribution >= 0.6 is 0 Å². The maximum Gasteiger partial charge on any atom is 0.242 e. The van der Waals surface area contributed by atoms with Crippen molar-refractivity contribution in [2.75, 3.05) is 31.3 Å². The van der Waals surface area contributed by atoms with Gasteiger partial charge in [-0.25, -0.2) is 8.42 Å². The largest absolute Gasteiger partial charge is 0.497 e. The van der Waals surface area contributed by atoms with Crippen LogP contribution in [0.3, 0.4) is 0 Å². The highest BCUT2D eigenvalue weighted by Gasteiger charge is 2.26. The molecule has 0 radical (unpaired) electrons. The number of ether oxygens (including phenoxy) is 1. The van der Waals surface area contributed by atoms with E-state index in [1.54, 1.807) is 50.4 Å². The Morgan fingerprint density at radius 1 is 1.06 bits per heavy atom. The lowest BCUT2D eigenvalue weighted by Crippen LogP contribution is -2.46. The van der Waals surface area contributed by atoms with Crippen molar-refractivity contribution in [3.05, 3.63) is 60.2 Å². The molecule has 2 aromatic rings. The molecule has 9 heteroatoms. The maximum atomic E-state index is 13.1. The first-order valence-electron chi connectivity index (χ1n) is 10.3. The van der Waals surface area contributed by atoms with Crippen molar-refractivity contribution in [2.24, 2.45) is 0 Å². The Labute approximate surface area is 190 Å². The van der Waals surface area contributed by atoms with Gasteiger partial charge >= 0.3 is 0 Å². The molecular formula is C23H31N3O5S. The number of carbonyl (C=O) groups is 2. The van der Waals surface area contributed by atoms with Crippen molar-refractivity contribution in [1.82, 2.24) is 10.2 Å². The Morgan fingerprint density at radius 2 is 1.69 bits per heavy atom. The predicted octanol–water partition coefficient (Wildman–Crippen LogP) is 2.40. The number of likely N-dealkylation sites (N-methyl/N-ethyl adjacent to an activating group) is 1. The number of carbonyl (C=O) groups excluding carboxylic acids is 2. The molecule has 0 bridgehead atoms. The number of para-hydroxylation sites is 1. The summed E-state index contributed by atoms with van der Waals surface area (Å²) < 4.78 is 30.9. The van der Waals surface area contributed by atoms with Gasteiger partial charge in [-0.3, -0.25) is 13.9 Å². The standard InChI is InChI=1S/C23H31N3O5S/c1-18(23(28)24-2)25(17-19-12-14-21(31-3)15-13-19)22(27)11-8-16-26(32(4,29)30)20-9-6-5-7-10-20/h5-7,9-10,12-15,18H,8,11,16-17H2,1-4H3,(H,24,28). The van der Waals surface area contributed by atoms with Gasteiger partial charge < -0.3 is 15.0 Å². The molecule has 174 valence electrons. The van der Waals surface area contributed by atoms with Crippen LogP contribution < -0.4 is 14.4 Å². The van der Waals surface area contributed by atoms with Crippen molar-refractivity contribution >= 4 is 27.5 Å². The van der Waals surface area contributed by atoms with Gasteiger partial charge in [0.15, 0.2) is 0 Å². The van der Waals surface area contributed by atoms with Gasteiger partial charge in [0.2, 0.25) is 21.8 Å². The number of sulfonamides is 1. The Kier molecular flexibility index (Phi) is 9.07. The average Bonchev–Trinajstić information content (AvgIpc) is 2.79. The highest BCUT2D eigenvalue weighted by molar-refractivity contribution is 7.92. The number of hydrogen-bond donors (Lipinski definition) is 1. The molecule has 0 saturated heterocycles. The van der Waals surface area contributed by atoms with Crippen LogP contribution in [0.5, 0.6) is 5.75 Å². The Bertz CT molecular complexity index is 994. The molecule has 0 aliphatic heterocycles. The molecule has 1 atom stereocenters. The van der Waals surface area contributed by atoms with Gasteiger partial charge in [-0.1, -0.05) is 30.3 Å². The molecule has 2 aromatic carbocycles. The summed E-state index contributed by atoms with van der Waals surface area (Å²) in [5.74, 6) is 0.208. The van der Waals surface area contributed by atoms with E-state index in [1.165, 1.54) is 16.3 Å². The van der Waals surface area contributed by atoms with E-state index in [1.807, 2.05) is 18.2 Å². The summed E-state index contributed by atoms with van der Waals surface area (Å²) in [5.41, 5.74) is 1.41. The van der Waals surface area contributed by atoms with Crippen LogP contribution in [0.15, 0.2) is 54.6 Å². The molecule has 0 aromatic heterocycles. The maximum absolute atomic E-state index is 13.1. The Hall–Kier alpha value is -3.07. The first-order valence-corrected chi connectivity index (χ1v) is 12.2. The second kappa shape index (κ2) is 11.5. The van der Waals surface area contributed by atoms with Gasteiger partial charge in [0.25, 0.3) is 0 Å². The van der Waals surface area contributed by atoms with Crippen molar-refractivity contribution < 1.29 is 22.7 Å². The van der Waals surface area contributed by atoms with E-state index in [0.29, 0.717) is 17.9 Å². The summed E-state index contributed by atoms with van der Waals surface area (Å²) in [6.07, 6.45) is 1.57. The molecule has 0 saturated carbocycles. The van der Waals surface area contributed by atoms with Crippen molar-refractivity contribution in [3.63, 3.8) is 0 Å². The minimum Gasteiger partial charge on any atom is -0.497 e. The predicted molar refractivity (Wildman–Crippen MR) is 125 cm³/mol. The molecule has 0 fully saturated rings. The molecule has 32 heavy (non-hydrogen) atoms. The van der Waals surface area contributed by atoms with Gasteiger partial charge in [-0.2, -0.15) is 0 Å². The zero-order valence-electron chi connectivity index (χ0n) is 18.9. The lowest BCUT2D eigenvalue weighted by Gasteiger charge is -2.29. The third-order valence-electron chi connectivity index (χ3n) is 5.12. The van der Waals surface area contributed by atoms with E-state index in [-0.39, 0.29) is 31.3 Å². The minimum absolute atomic E-state index is 0.107. The van der Waals surface area contributed by atoms with Crippen molar-refractivity contribution in [1.29, 1.82) is 0 Å². The van der Waals surface area contributed by atoms with Crippen LogP contribution in [0.2, 0.25) is 0 Å². The first kappa shape index (κ1) is 25.2. The monoisotopic (exact) mass is 461 g/mol. The van der Waals surface area contributed by atoms with Crippen molar-refractivity contribution in [3.8, 4) is 5.75 Å². The lowest BCUT2D eigenvalue weighted by atomic mass is 10.1. The topological polar surface area (TPSA) is 96.0 Å². The zero-order chi connectivity index (χ0) is 23.7. The second-order valence-corrected chi connectivity index (χ2v) is 9.34. The quantitative estimate of drug-likeness (QED) is 0.554. The van der Waals surface area contributed by atoms with Crippen LogP contribution in [0, 0.1) is 0 Å². The molecule has 0 spiro atoms. The first-order chi connectivity index (χ1) is 15.2. The second-order valence-electron chi connectivity index (χ2n) is 7.43. The van der Waals surface area contributed by atoms with Gasteiger partial charge in [-0.15, -0.1) is 0 Å². The van der Waals surface area contributed by atoms with Gasteiger partial charge in [0, 0.05) is 26.6 Å². The summed E-state index contributed by atoms with van der Waals surface area (Å²) in [6.45, 7) is 2.10. The van der Waals surface area contributed by atoms with Crippen LogP contribution in [0.4, 0.5) is 5.69 Å². The molecule has 1 N–H and O–H groups in total. The lowest BCUT2D eigenvalue weighted by molar-refractivity contribution is -0.140. The van der Waals surface area contributed by atoms with E-state index >= 15 is 0 Å². The summed E-state index contributed by atoms with van der Waals surface area (Å²) in [4.78, 5) is 26.8. The number of methoxy groups -OCH3 is 1. The number of benzene rings is 2. The molecule has 1 unspecified atom stereocenters. The minimum atomic E-state index is -3.49. The number of rotatable bonds is 11. The SMILES string of the molecule is CNC(=O)C(C)N(Cc1ccc(OC)cc1)C(=O)CCCN(c1ccccc1)S(C)(=O)=O. The summed E-state index contributed by atoms with van der Waals surface area (Å²) in [6, 6.07) is 15.4. The van der Waals surface area contributed by atoms with Crippen LogP contribution in [0.25, 0.3) is 0 Å². The Balaban J connectivity index is 2.11. The summed E-state index contributed by atoms with van der Waals surface area (Å²) in [5, 5.41) is 2.58. The highest BCUT2D eigenvalue weighted by Crippen LogP contribution is 2.19. The van der Waals surface area contributed by atoms with Crippen molar-refractivity contribution in [2.45, 2.75) is 32.4 Å². The van der Waals surface area contributed by atoms with Crippen LogP contribution in [0.1, 0.15) is 25.3 Å². The smallest absolute Gasteiger partial charge is 0.242 e. The molecule has 8 nitrogen and oxygen atoms in total. The molecule has 0 aliphatic carbocycles. The number of hydrogen-bond acceptors (Lipinski definition) is 5. The number of nitrogens with one attached hydrogen (secondary N) is 1. The number of nitrogens with zero attached hydrogens (tertiary/aromatic N) is 2. The molecule has 2 rings (SSSR count). The fraction of sp³-hybridized carbons (Fsp3) is 0.391. The third kappa shape index (κ3) is 6.98. The average molecular weight is 462 g/mol. The van der Waals surface area contributed by atoms with E-state index in [9.17, 15) is 18.0 Å². The van der Waals surface area contributed by atoms with E-state index in [0.717, 1.165) is 11.8 Å². The summed E-state index contributed by atoms with van der Waals surface area (Å²) >= 11 is 0. The highest BCUT2D eigenvalue weighted by atomic mass is 32.2. The fourth-order valence-corrected chi connectivity index (χ4v) is 4.28. The third-order valence-corrected chi connectivity index (χ3v) is 6.32. The van der Waals surface area contributed by atoms with Gasteiger partial charge in [0.1, 0.15) is 11.8 Å². The Morgan fingerprint density at radius 3 is 2.22 bits per heavy atom. The molecule has 0 aliphatic rings. The number of anilines is 1. The number of amides is 2. The van der Waals surface area contributed by atoms with E-state index < -0.39 is 16.1 Å². The van der Waals surface area contributed by atoms with Crippen LogP contribution in [-0.2, 0) is 26.2 Å². The fourth-order valence-electron chi connectivity index (χ4n) is 3.32. The van der Waals surface area contributed by atoms with Crippen LogP contribution in [-0.4, -0.2) is 58.1 Å². The summed E-state index contributed by atoms with van der Waals surface area (Å²) in [7, 11) is -0.389. The molecule has 2 amide bonds. The van der Waals surface area contributed by atoms with E-state index in [2.05, 4.69) is 5.32 Å². The normalized spacial score (nSPS) is 12.0. The van der Waals surface area contributed by atoms with E-state index in [4.69, 9.17) is 4.74 Å². The van der Waals surface area contributed by atoms with Gasteiger partial charge in [-0.05, 0) is 43.2 Å².